The van der Waals surface area contributed by atoms with Gasteiger partial charge in [-0.2, -0.15) is 0 Å². The Hall–Kier alpha value is -4.09. The molecule has 0 radical (unpaired) electrons. The van der Waals surface area contributed by atoms with E-state index in [-0.39, 0.29) is 23.6 Å². The van der Waals surface area contributed by atoms with Crippen LogP contribution in [0.3, 0.4) is 0 Å². The standard InChI is InChI=1S/C29H24N4O8S4/c1-2-41-28(37)15-5-9-17(10-6-15)33-25(35)22-21(19-4-3-13-42-19)24-27(43-23(22)26(33)36)32(29(38)44-24)14-20(34)31-16-7-11-18(12-8-16)45(30,39)40/h3-13,21-23H,2,14H2,1H3,(H,31,34)(H2,30,39,40)/t21-,22+,23-/m0/s1. The molecule has 0 spiro atoms. The highest BCUT2D eigenvalue weighted by atomic mass is 32.2. The SMILES string of the molecule is CCOC(=O)c1ccc(N2C(=O)[C@@H]3[C@H](c4cccs4)c4sc(=O)n(CC(=O)Nc5ccc(S(N)(=O)=O)cc5)c4S[C@@H]3C2=O)cc1. The number of amides is 3. The van der Waals surface area contributed by atoms with Crippen LogP contribution in [0.5, 0.6) is 0 Å². The summed E-state index contributed by atoms with van der Waals surface area (Å²) in [6.07, 6.45) is 0. The fourth-order valence-corrected chi connectivity index (χ4v) is 9.55. The molecule has 1 fully saturated rings. The fourth-order valence-electron chi connectivity index (χ4n) is 5.32. The average molecular weight is 685 g/mol. The van der Waals surface area contributed by atoms with Crippen molar-refractivity contribution in [3.8, 4) is 0 Å². The first-order valence-electron chi connectivity index (χ1n) is 13.5. The molecule has 3 amide bonds. The van der Waals surface area contributed by atoms with Gasteiger partial charge in [-0.3, -0.25) is 23.7 Å². The molecule has 0 saturated carbocycles. The summed E-state index contributed by atoms with van der Waals surface area (Å²) >= 11 is 3.43. The summed E-state index contributed by atoms with van der Waals surface area (Å²) in [5.74, 6) is -3.32. The lowest BCUT2D eigenvalue weighted by atomic mass is 9.87. The highest BCUT2D eigenvalue weighted by Gasteiger charge is 2.57. The number of thiophene rings is 1. The molecule has 0 bridgehead atoms. The topological polar surface area (TPSA) is 175 Å². The summed E-state index contributed by atoms with van der Waals surface area (Å²) in [5, 5.41) is 9.20. The number of nitrogens with two attached hydrogens (primary N) is 1. The van der Waals surface area contributed by atoms with Crippen LogP contribution in [0.2, 0.25) is 0 Å². The molecule has 0 aliphatic carbocycles. The van der Waals surface area contributed by atoms with E-state index in [1.54, 1.807) is 6.92 Å². The van der Waals surface area contributed by atoms with Crippen molar-refractivity contribution in [3.05, 3.63) is 91.0 Å². The van der Waals surface area contributed by atoms with E-state index in [1.807, 2.05) is 17.5 Å². The number of benzene rings is 2. The molecule has 12 nitrogen and oxygen atoms in total. The maximum absolute atomic E-state index is 14.0. The van der Waals surface area contributed by atoms with Crippen molar-refractivity contribution in [1.29, 1.82) is 0 Å². The normalized spacial score (nSPS) is 19.2. The van der Waals surface area contributed by atoms with E-state index in [2.05, 4.69) is 5.32 Å². The lowest BCUT2D eigenvalue weighted by Crippen LogP contribution is -2.32. The molecule has 2 aromatic carbocycles. The minimum Gasteiger partial charge on any atom is -0.462 e. The van der Waals surface area contributed by atoms with E-state index in [0.29, 0.717) is 21.3 Å². The van der Waals surface area contributed by atoms with Gasteiger partial charge in [-0.15, -0.1) is 11.3 Å². The van der Waals surface area contributed by atoms with Crippen LogP contribution in [-0.2, 0) is 35.7 Å². The van der Waals surface area contributed by atoms with Crippen molar-refractivity contribution in [2.24, 2.45) is 11.1 Å². The Bertz CT molecular complexity index is 1980. The number of hydrogen-bond donors (Lipinski definition) is 2. The number of thioether (sulfide) groups is 1. The van der Waals surface area contributed by atoms with Crippen molar-refractivity contribution in [1.82, 2.24) is 4.57 Å². The van der Waals surface area contributed by atoms with E-state index in [0.717, 1.165) is 32.9 Å². The maximum atomic E-state index is 14.0. The number of carbonyl (C=O) groups excluding carboxylic acids is 4. The molecular formula is C29H24N4O8S4. The summed E-state index contributed by atoms with van der Waals surface area (Å²) in [6, 6.07) is 15.0. The lowest BCUT2D eigenvalue weighted by molar-refractivity contribution is -0.122. The molecule has 3 atom stereocenters. The second-order valence-electron chi connectivity index (χ2n) is 10.1. The van der Waals surface area contributed by atoms with Gasteiger partial charge in [-0.1, -0.05) is 29.2 Å². The van der Waals surface area contributed by atoms with Crippen LogP contribution in [0.1, 0.15) is 33.0 Å². The number of aromatic nitrogens is 1. The number of anilines is 2. The smallest absolute Gasteiger partial charge is 0.338 e. The zero-order chi connectivity index (χ0) is 32.0. The van der Waals surface area contributed by atoms with Gasteiger partial charge < -0.3 is 10.1 Å². The minimum atomic E-state index is -3.91. The maximum Gasteiger partial charge on any atom is 0.338 e. The molecule has 3 N–H and O–H groups in total. The summed E-state index contributed by atoms with van der Waals surface area (Å²) in [7, 11) is -3.91. The first-order chi connectivity index (χ1) is 21.5. The minimum absolute atomic E-state index is 0.117. The molecule has 4 aromatic rings. The Morgan fingerprint density at radius 2 is 1.71 bits per heavy atom. The second-order valence-corrected chi connectivity index (χ2v) is 14.7. The Morgan fingerprint density at radius 3 is 2.33 bits per heavy atom. The van der Waals surface area contributed by atoms with E-state index >= 15 is 0 Å². The molecule has 2 aliphatic rings. The van der Waals surface area contributed by atoms with Gasteiger partial charge in [0.1, 0.15) is 11.8 Å². The number of primary sulfonamides is 1. The van der Waals surface area contributed by atoms with Crippen LogP contribution in [0.25, 0.3) is 0 Å². The molecule has 0 unspecified atom stereocenters. The number of nitrogens with zero attached hydrogens (tertiary/aromatic N) is 2. The zero-order valence-electron chi connectivity index (χ0n) is 23.4. The van der Waals surface area contributed by atoms with E-state index in [1.165, 1.54) is 64.4 Å². The highest BCUT2D eigenvalue weighted by molar-refractivity contribution is 8.00. The molecule has 16 heteroatoms. The third-order valence-corrected chi connectivity index (χ3v) is 11.8. The van der Waals surface area contributed by atoms with Crippen molar-refractivity contribution in [2.75, 3.05) is 16.8 Å². The van der Waals surface area contributed by atoms with Crippen LogP contribution in [0, 0.1) is 5.92 Å². The number of fused-ring (bicyclic) bond motifs is 2. The average Bonchev–Trinajstić information content (AvgIpc) is 3.70. The first kappa shape index (κ1) is 30.9. The summed E-state index contributed by atoms with van der Waals surface area (Å²) in [4.78, 5) is 68.2. The van der Waals surface area contributed by atoms with Gasteiger partial charge in [-0.25, -0.2) is 23.3 Å². The number of imide groups is 1. The number of sulfonamides is 1. The van der Waals surface area contributed by atoms with E-state index in [4.69, 9.17) is 9.88 Å². The van der Waals surface area contributed by atoms with Gasteiger partial charge in [0.15, 0.2) is 0 Å². The van der Waals surface area contributed by atoms with Gasteiger partial charge in [0.25, 0.3) is 0 Å². The van der Waals surface area contributed by atoms with Crippen molar-refractivity contribution < 1.29 is 32.3 Å². The molecule has 1 saturated heterocycles. The number of rotatable bonds is 8. The Balaban J connectivity index is 1.31. The van der Waals surface area contributed by atoms with Gasteiger partial charge in [0.2, 0.25) is 27.7 Å². The van der Waals surface area contributed by atoms with Crippen molar-refractivity contribution in [3.63, 3.8) is 0 Å². The van der Waals surface area contributed by atoms with Crippen LogP contribution >= 0.6 is 34.4 Å². The zero-order valence-corrected chi connectivity index (χ0v) is 26.6. The van der Waals surface area contributed by atoms with Crippen LogP contribution in [0.15, 0.2) is 80.8 Å². The third-order valence-electron chi connectivity index (χ3n) is 7.30. The summed E-state index contributed by atoms with van der Waals surface area (Å²) in [5.41, 5.74) is 0.897. The number of thiazole rings is 1. The van der Waals surface area contributed by atoms with E-state index < -0.39 is 55.7 Å². The molecule has 4 heterocycles. The van der Waals surface area contributed by atoms with Crippen LogP contribution < -0.4 is 20.2 Å². The fraction of sp³-hybridized carbons (Fsp3) is 0.207. The number of nitrogens with one attached hydrogen (secondary N) is 1. The first-order valence-corrected chi connectivity index (χ1v) is 17.6. The predicted molar refractivity (Wildman–Crippen MR) is 169 cm³/mol. The van der Waals surface area contributed by atoms with Crippen molar-refractivity contribution in [2.45, 2.75) is 34.6 Å². The summed E-state index contributed by atoms with van der Waals surface area (Å²) < 4.78 is 29.4. The summed E-state index contributed by atoms with van der Waals surface area (Å²) in [6.45, 7) is 1.53. The monoisotopic (exact) mass is 684 g/mol. The van der Waals surface area contributed by atoms with Gasteiger partial charge in [0.05, 0.1) is 33.7 Å². The lowest BCUT2D eigenvalue weighted by Gasteiger charge is -2.29. The largest absolute Gasteiger partial charge is 0.462 e. The quantitative estimate of drug-likeness (QED) is 0.209. The molecule has 2 aromatic heterocycles. The Morgan fingerprint density at radius 1 is 1.00 bits per heavy atom. The van der Waals surface area contributed by atoms with E-state index in [9.17, 15) is 32.4 Å². The Kier molecular flexibility index (Phi) is 8.26. The third kappa shape index (κ3) is 5.75. The van der Waals surface area contributed by atoms with Crippen LogP contribution in [-0.4, -0.2) is 48.5 Å². The van der Waals surface area contributed by atoms with Crippen molar-refractivity contribution >= 4 is 79.5 Å². The predicted octanol–water partition coefficient (Wildman–Crippen LogP) is 3.23. The van der Waals surface area contributed by atoms with Crippen LogP contribution in [0.4, 0.5) is 11.4 Å². The van der Waals surface area contributed by atoms with Gasteiger partial charge in [-0.05, 0) is 66.9 Å². The molecule has 232 valence electrons. The molecule has 45 heavy (non-hydrogen) atoms. The number of carbonyl (C=O) groups is 4. The number of ether oxygens (including phenoxy) is 1. The van der Waals surface area contributed by atoms with Gasteiger partial charge in [0, 0.05) is 21.4 Å². The molecule has 2 aliphatic heterocycles. The number of hydrogen-bond acceptors (Lipinski definition) is 11. The second kappa shape index (κ2) is 12.0. The molecular weight excluding hydrogens is 661 g/mol. The highest BCUT2D eigenvalue weighted by Crippen LogP contribution is 2.54. The van der Waals surface area contributed by atoms with Gasteiger partial charge >= 0.3 is 10.8 Å². The molecule has 6 rings (SSSR count). The Labute approximate surface area is 268 Å². The number of esters is 1.